The quantitative estimate of drug-likeness (QED) is 0.619. The van der Waals surface area contributed by atoms with Crippen LogP contribution in [0.2, 0.25) is 0 Å². The molecule has 0 unspecified atom stereocenters. The summed E-state index contributed by atoms with van der Waals surface area (Å²) in [4.78, 5) is 10.4. The molecule has 0 amide bonds. The van der Waals surface area contributed by atoms with Crippen LogP contribution in [-0.2, 0) is 6.18 Å². The summed E-state index contributed by atoms with van der Waals surface area (Å²) < 4.78 is 36.4. The first-order valence-electron chi connectivity index (χ1n) is 3.32. The largest absolute Gasteiger partial charge is 1.00 e. The number of rotatable bonds is 1. The maximum absolute atomic E-state index is 12.1. The third-order valence-corrected chi connectivity index (χ3v) is 1.46. The molecule has 1 rings (SSSR count). The minimum Gasteiger partial charge on any atom is -1.00 e. The Morgan fingerprint density at radius 1 is 1.29 bits per heavy atom. The zero-order valence-corrected chi connectivity index (χ0v) is 7.30. The molecule has 0 aromatic heterocycles. The van der Waals surface area contributed by atoms with E-state index in [9.17, 15) is 18.0 Å². The summed E-state index contributed by atoms with van der Waals surface area (Å²) in [7, 11) is 0. The second-order valence-electron chi connectivity index (χ2n) is 2.35. The van der Waals surface area contributed by atoms with Gasteiger partial charge in [0.25, 0.3) is 0 Å². The number of carboxylic acids is 1. The van der Waals surface area contributed by atoms with Gasteiger partial charge in [0, 0.05) is 0 Å². The minimum absolute atomic E-state index is 0. The first-order valence-corrected chi connectivity index (χ1v) is 3.32. The smallest absolute Gasteiger partial charge is 1.00 e. The average molecular weight is 198 g/mol. The van der Waals surface area contributed by atoms with E-state index in [0.717, 1.165) is 18.2 Å². The van der Waals surface area contributed by atoms with Gasteiger partial charge in [-0.15, -0.1) is 0 Å². The van der Waals surface area contributed by atoms with Gasteiger partial charge in [0.2, 0.25) is 0 Å². The van der Waals surface area contributed by atoms with Crippen molar-refractivity contribution in [3.8, 4) is 0 Å². The first kappa shape index (κ1) is 13.1. The van der Waals surface area contributed by atoms with Crippen molar-refractivity contribution in [2.24, 2.45) is 0 Å². The standard InChI is InChI=1S/C8H5F3O2.Li.H/c9-8(10,11)6-4-2-1-3-5(6)7(12)13;;/h1-4H,(H,12,13);;/q;+1;-1. The van der Waals surface area contributed by atoms with E-state index < -0.39 is 23.3 Å². The van der Waals surface area contributed by atoms with E-state index in [0.29, 0.717) is 0 Å². The number of aromatic carboxylic acids is 1. The average Bonchev–Trinajstić information content (AvgIpc) is 2.03. The van der Waals surface area contributed by atoms with Gasteiger partial charge in [-0.05, 0) is 12.1 Å². The van der Waals surface area contributed by atoms with E-state index in [1.165, 1.54) is 6.07 Å². The van der Waals surface area contributed by atoms with Crippen molar-refractivity contribution in [3.63, 3.8) is 0 Å². The van der Waals surface area contributed by atoms with Crippen LogP contribution in [-0.4, -0.2) is 11.1 Å². The number of halogens is 3. The molecule has 0 spiro atoms. The number of carbonyl (C=O) groups is 1. The Labute approximate surface area is 91.4 Å². The van der Waals surface area contributed by atoms with Crippen molar-refractivity contribution in [1.82, 2.24) is 0 Å². The van der Waals surface area contributed by atoms with E-state index in [4.69, 9.17) is 5.11 Å². The molecule has 0 bridgehead atoms. The molecule has 72 valence electrons. The van der Waals surface area contributed by atoms with Crippen LogP contribution in [0.1, 0.15) is 17.3 Å². The number of benzene rings is 1. The Morgan fingerprint density at radius 3 is 2.14 bits per heavy atom. The fourth-order valence-electron chi connectivity index (χ4n) is 0.917. The summed E-state index contributed by atoms with van der Waals surface area (Å²) in [5.74, 6) is -1.58. The molecule has 0 fully saturated rings. The zero-order valence-electron chi connectivity index (χ0n) is 8.30. The van der Waals surface area contributed by atoms with E-state index in [1.807, 2.05) is 0 Å². The summed E-state index contributed by atoms with van der Waals surface area (Å²) in [5.41, 5.74) is -1.85. The van der Waals surface area contributed by atoms with E-state index >= 15 is 0 Å². The van der Waals surface area contributed by atoms with Crippen LogP contribution in [0.3, 0.4) is 0 Å². The second-order valence-corrected chi connectivity index (χ2v) is 2.35. The van der Waals surface area contributed by atoms with Crippen LogP contribution in [0.4, 0.5) is 13.2 Å². The molecule has 1 N–H and O–H groups in total. The fourth-order valence-corrected chi connectivity index (χ4v) is 0.917. The molecule has 1 aromatic rings. The molecule has 0 aliphatic heterocycles. The predicted octanol–water partition coefficient (Wildman–Crippen LogP) is -0.480. The van der Waals surface area contributed by atoms with Crippen LogP contribution >= 0.6 is 0 Å². The van der Waals surface area contributed by atoms with Crippen molar-refractivity contribution >= 4 is 5.97 Å². The summed E-state index contributed by atoms with van der Waals surface area (Å²) >= 11 is 0. The third-order valence-electron chi connectivity index (χ3n) is 1.46. The number of alkyl halides is 3. The summed E-state index contributed by atoms with van der Waals surface area (Å²) in [6.45, 7) is 0. The Morgan fingerprint density at radius 2 is 1.79 bits per heavy atom. The van der Waals surface area contributed by atoms with Gasteiger partial charge >= 0.3 is 31.0 Å². The molecule has 0 aliphatic rings. The third kappa shape index (κ3) is 2.79. The molecule has 0 atom stereocenters. The molecule has 6 heteroatoms. The van der Waals surface area contributed by atoms with Gasteiger partial charge in [-0.2, -0.15) is 13.2 Å². The Kier molecular flexibility index (Phi) is 4.24. The van der Waals surface area contributed by atoms with Gasteiger partial charge in [-0.3, -0.25) is 0 Å². The van der Waals surface area contributed by atoms with Crippen LogP contribution in [0.25, 0.3) is 0 Å². The van der Waals surface area contributed by atoms with Crippen molar-refractivity contribution < 1.29 is 43.4 Å². The molecule has 0 saturated heterocycles. The van der Waals surface area contributed by atoms with Crippen molar-refractivity contribution in [2.75, 3.05) is 0 Å². The molecular formula is C8H6F3LiO2. The van der Waals surface area contributed by atoms with E-state index in [-0.39, 0.29) is 20.3 Å². The normalized spacial score (nSPS) is 10.5. The molecule has 0 saturated carbocycles. The van der Waals surface area contributed by atoms with Crippen LogP contribution in [0.15, 0.2) is 24.3 Å². The number of hydrogen-bond acceptors (Lipinski definition) is 1. The molecular weight excluding hydrogens is 192 g/mol. The summed E-state index contributed by atoms with van der Waals surface area (Å²) in [6, 6.07) is 4.06. The van der Waals surface area contributed by atoms with Gasteiger partial charge in [0.05, 0.1) is 11.1 Å². The van der Waals surface area contributed by atoms with Gasteiger partial charge in [0.1, 0.15) is 0 Å². The van der Waals surface area contributed by atoms with Crippen LogP contribution < -0.4 is 18.9 Å². The molecule has 0 heterocycles. The van der Waals surface area contributed by atoms with Crippen molar-refractivity contribution in [1.29, 1.82) is 0 Å². The number of hydrogen-bond donors (Lipinski definition) is 1. The molecule has 14 heavy (non-hydrogen) atoms. The number of carboxylic acid groups (broad SMARTS) is 1. The summed E-state index contributed by atoms with van der Waals surface area (Å²) in [6.07, 6.45) is -4.62. The molecule has 0 aliphatic carbocycles. The van der Waals surface area contributed by atoms with Crippen LogP contribution in [0, 0.1) is 0 Å². The van der Waals surface area contributed by atoms with Gasteiger partial charge in [-0.1, -0.05) is 12.1 Å². The molecule has 1 aromatic carbocycles. The van der Waals surface area contributed by atoms with Gasteiger partial charge < -0.3 is 6.53 Å². The monoisotopic (exact) mass is 198 g/mol. The Hall–Kier alpha value is -0.923. The zero-order chi connectivity index (χ0) is 10.1. The maximum Gasteiger partial charge on any atom is 1.00 e. The van der Waals surface area contributed by atoms with Crippen molar-refractivity contribution in [2.45, 2.75) is 6.18 Å². The minimum atomic E-state index is -4.62. The maximum atomic E-state index is 12.1. The van der Waals surface area contributed by atoms with Crippen LogP contribution in [0.5, 0.6) is 0 Å². The Bertz CT molecular complexity index is 341. The predicted molar refractivity (Wildman–Crippen MR) is 39.5 cm³/mol. The van der Waals surface area contributed by atoms with Gasteiger partial charge in [0.15, 0.2) is 0 Å². The van der Waals surface area contributed by atoms with Gasteiger partial charge in [-0.25, -0.2) is 4.79 Å². The first-order chi connectivity index (χ1) is 5.93. The second kappa shape index (κ2) is 4.54. The summed E-state index contributed by atoms with van der Waals surface area (Å²) in [5, 5.41) is 8.43. The van der Waals surface area contributed by atoms with Crippen molar-refractivity contribution in [3.05, 3.63) is 35.4 Å². The SMILES string of the molecule is O=C(O)c1ccccc1C(F)(F)F.[H-].[Li+]. The van der Waals surface area contributed by atoms with E-state index in [1.54, 1.807) is 0 Å². The molecule has 0 radical (unpaired) electrons. The fraction of sp³-hybridized carbons (Fsp3) is 0.125. The molecule has 2 nitrogen and oxygen atoms in total. The Balaban J connectivity index is 0. The topological polar surface area (TPSA) is 37.3 Å². The van der Waals surface area contributed by atoms with E-state index in [2.05, 4.69) is 0 Å².